The van der Waals surface area contributed by atoms with Gasteiger partial charge >= 0.3 is 0 Å². The van der Waals surface area contributed by atoms with E-state index in [1.165, 1.54) is 11.3 Å². The maximum atomic E-state index is 6.15. The van der Waals surface area contributed by atoms with Crippen LogP contribution < -0.4 is 0 Å². The first-order valence-corrected chi connectivity index (χ1v) is 8.07. The Morgan fingerprint density at radius 2 is 2.09 bits per heavy atom. The van der Waals surface area contributed by atoms with Gasteiger partial charge in [-0.05, 0) is 30.7 Å². The van der Waals surface area contributed by atoms with Crippen molar-refractivity contribution < 1.29 is 0 Å². The summed E-state index contributed by atoms with van der Waals surface area (Å²) in [4.78, 5) is 0.722. The highest BCUT2D eigenvalue weighted by Gasteiger charge is 2.14. The normalized spacial score (nSPS) is 11.7. The molecule has 4 rings (SSSR count). The molecule has 0 saturated carbocycles. The van der Waals surface area contributed by atoms with Crippen LogP contribution in [0.5, 0.6) is 0 Å². The molecule has 6 nitrogen and oxygen atoms in total. The van der Waals surface area contributed by atoms with E-state index in [9.17, 15) is 0 Å². The summed E-state index contributed by atoms with van der Waals surface area (Å²) in [5, 5.41) is 21.5. The van der Waals surface area contributed by atoms with E-state index in [-0.39, 0.29) is 0 Å². The molecular formula is C15H11ClN6S. The van der Waals surface area contributed by atoms with Gasteiger partial charge in [-0.1, -0.05) is 47.2 Å². The Kier molecular flexibility index (Phi) is 3.44. The van der Waals surface area contributed by atoms with E-state index in [0.29, 0.717) is 10.8 Å². The van der Waals surface area contributed by atoms with Crippen molar-refractivity contribution in [2.24, 2.45) is 0 Å². The van der Waals surface area contributed by atoms with Gasteiger partial charge in [-0.3, -0.25) is 5.10 Å². The molecule has 0 aliphatic carbocycles. The lowest BCUT2D eigenvalue weighted by molar-refractivity contribution is 0.943. The summed E-state index contributed by atoms with van der Waals surface area (Å²) in [5.74, 6) is 0.623. The van der Waals surface area contributed by atoms with Gasteiger partial charge < -0.3 is 0 Å². The van der Waals surface area contributed by atoms with Crippen LogP contribution in [0.15, 0.2) is 30.3 Å². The SMILES string of the molecule is Cc1cc(-c2nnc3sc(/C=C/c4ccccc4Cl)nn23)n[nH]1. The lowest BCUT2D eigenvalue weighted by Gasteiger charge is -1.95. The second kappa shape index (κ2) is 5.60. The Morgan fingerprint density at radius 1 is 1.22 bits per heavy atom. The molecule has 0 aliphatic heterocycles. The molecule has 114 valence electrons. The number of fused-ring (bicyclic) bond motifs is 1. The molecule has 0 fully saturated rings. The van der Waals surface area contributed by atoms with Crippen molar-refractivity contribution in [1.29, 1.82) is 0 Å². The molecule has 0 aliphatic rings. The summed E-state index contributed by atoms with van der Waals surface area (Å²) >= 11 is 7.60. The maximum Gasteiger partial charge on any atom is 0.235 e. The number of nitrogens with zero attached hydrogens (tertiary/aromatic N) is 5. The summed E-state index contributed by atoms with van der Waals surface area (Å²) in [5.41, 5.74) is 2.64. The zero-order valence-corrected chi connectivity index (χ0v) is 13.6. The van der Waals surface area contributed by atoms with Gasteiger partial charge in [-0.2, -0.15) is 14.7 Å². The van der Waals surface area contributed by atoms with Crippen LogP contribution in [0.2, 0.25) is 5.02 Å². The summed E-state index contributed by atoms with van der Waals surface area (Å²) in [7, 11) is 0. The fraction of sp³-hybridized carbons (Fsp3) is 0.0667. The predicted molar refractivity (Wildman–Crippen MR) is 91.4 cm³/mol. The van der Waals surface area contributed by atoms with Gasteiger partial charge in [0, 0.05) is 10.7 Å². The van der Waals surface area contributed by atoms with Crippen LogP contribution in [-0.4, -0.2) is 30.0 Å². The number of hydrogen-bond donors (Lipinski definition) is 1. The number of hydrogen-bond acceptors (Lipinski definition) is 5. The number of aromatic nitrogens is 6. The number of aryl methyl sites for hydroxylation is 1. The highest BCUT2D eigenvalue weighted by atomic mass is 35.5. The van der Waals surface area contributed by atoms with Crippen LogP contribution in [-0.2, 0) is 0 Å². The Labute approximate surface area is 140 Å². The van der Waals surface area contributed by atoms with E-state index in [1.807, 2.05) is 49.4 Å². The van der Waals surface area contributed by atoms with E-state index >= 15 is 0 Å². The molecule has 0 unspecified atom stereocenters. The van der Waals surface area contributed by atoms with Crippen LogP contribution in [0.4, 0.5) is 0 Å². The molecule has 8 heteroatoms. The zero-order valence-electron chi connectivity index (χ0n) is 12.1. The van der Waals surface area contributed by atoms with Crippen molar-refractivity contribution in [3.05, 3.63) is 51.6 Å². The molecule has 0 saturated heterocycles. The van der Waals surface area contributed by atoms with Gasteiger partial charge in [0.2, 0.25) is 10.8 Å². The molecule has 3 aromatic heterocycles. The van der Waals surface area contributed by atoms with Crippen molar-refractivity contribution in [3.63, 3.8) is 0 Å². The average molecular weight is 343 g/mol. The van der Waals surface area contributed by atoms with Crippen molar-refractivity contribution in [1.82, 2.24) is 30.0 Å². The summed E-state index contributed by atoms with van der Waals surface area (Å²) < 4.78 is 1.70. The van der Waals surface area contributed by atoms with Crippen LogP contribution in [0.3, 0.4) is 0 Å². The topological polar surface area (TPSA) is 71.8 Å². The number of halogens is 1. The molecular weight excluding hydrogens is 332 g/mol. The fourth-order valence-corrected chi connectivity index (χ4v) is 3.10. The van der Waals surface area contributed by atoms with Crippen LogP contribution in [0.1, 0.15) is 16.3 Å². The first-order valence-electron chi connectivity index (χ1n) is 6.88. The van der Waals surface area contributed by atoms with Gasteiger partial charge in [0.25, 0.3) is 0 Å². The molecule has 1 N–H and O–H groups in total. The van der Waals surface area contributed by atoms with Crippen LogP contribution in [0.25, 0.3) is 28.6 Å². The molecule has 0 atom stereocenters. The molecule has 0 bridgehead atoms. The van der Waals surface area contributed by atoms with Crippen LogP contribution in [0, 0.1) is 6.92 Å². The van der Waals surface area contributed by atoms with Crippen molar-refractivity contribution >= 4 is 40.1 Å². The first-order chi connectivity index (χ1) is 11.2. The second-order valence-corrected chi connectivity index (χ2v) is 6.34. The lowest BCUT2D eigenvalue weighted by Crippen LogP contribution is -1.90. The Hall–Kier alpha value is -2.51. The summed E-state index contributed by atoms with van der Waals surface area (Å²) in [6, 6.07) is 9.58. The number of aromatic amines is 1. The van der Waals surface area contributed by atoms with E-state index < -0.39 is 0 Å². The largest absolute Gasteiger partial charge is 0.282 e. The molecule has 4 aromatic rings. The average Bonchev–Trinajstić information content (AvgIpc) is 3.21. The number of rotatable bonds is 3. The summed E-state index contributed by atoms with van der Waals surface area (Å²) in [6.45, 7) is 1.94. The highest BCUT2D eigenvalue weighted by Crippen LogP contribution is 2.23. The first kappa shape index (κ1) is 14.1. The molecule has 0 spiro atoms. The van der Waals surface area contributed by atoms with Crippen molar-refractivity contribution in [3.8, 4) is 11.5 Å². The third-order valence-electron chi connectivity index (χ3n) is 3.25. The molecule has 3 heterocycles. The van der Waals surface area contributed by atoms with E-state index in [0.717, 1.165) is 26.9 Å². The highest BCUT2D eigenvalue weighted by molar-refractivity contribution is 7.17. The maximum absolute atomic E-state index is 6.15. The van der Waals surface area contributed by atoms with E-state index in [4.69, 9.17) is 11.6 Å². The molecule has 0 amide bonds. The zero-order chi connectivity index (χ0) is 15.8. The van der Waals surface area contributed by atoms with Gasteiger partial charge in [0.1, 0.15) is 10.7 Å². The number of nitrogens with one attached hydrogen (secondary N) is 1. The second-order valence-electron chi connectivity index (χ2n) is 4.95. The van der Waals surface area contributed by atoms with Gasteiger partial charge in [0.05, 0.1) is 0 Å². The van der Waals surface area contributed by atoms with Crippen LogP contribution >= 0.6 is 22.9 Å². The van der Waals surface area contributed by atoms with Gasteiger partial charge in [-0.15, -0.1) is 10.2 Å². The fourth-order valence-electron chi connectivity index (χ4n) is 2.16. The molecule has 0 radical (unpaired) electrons. The van der Waals surface area contributed by atoms with Gasteiger partial charge in [0.15, 0.2) is 0 Å². The third kappa shape index (κ3) is 2.64. The monoisotopic (exact) mass is 342 g/mol. The van der Waals surface area contributed by atoms with Crippen molar-refractivity contribution in [2.45, 2.75) is 6.92 Å². The molecule has 1 aromatic carbocycles. The molecule has 23 heavy (non-hydrogen) atoms. The minimum absolute atomic E-state index is 0.623. The van der Waals surface area contributed by atoms with E-state index in [2.05, 4.69) is 25.5 Å². The lowest BCUT2D eigenvalue weighted by atomic mass is 10.2. The number of H-pyrrole nitrogens is 1. The van der Waals surface area contributed by atoms with Crippen molar-refractivity contribution in [2.75, 3.05) is 0 Å². The smallest absolute Gasteiger partial charge is 0.235 e. The van der Waals surface area contributed by atoms with Gasteiger partial charge in [-0.25, -0.2) is 0 Å². The standard InChI is InChI=1S/C15H11ClN6S/c1-9-8-12(18-17-9)14-19-20-15-22(14)21-13(23-15)7-6-10-4-2-3-5-11(10)16/h2-8H,1H3,(H,17,18)/b7-6+. The minimum atomic E-state index is 0.623. The number of benzene rings is 1. The minimum Gasteiger partial charge on any atom is -0.282 e. The summed E-state index contributed by atoms with van der Waals surface area (Å²) in [6.07, 6.45) is 3.85. The van der Waals surface area contributed by atoms with E-state index in [1.54, 1.807) is 4.52 Å². The Bertz CT molecular complexity index is 1010. The third-order valence-corrected chi connectivity index (χ3v) is 4.46. The Morgan fingerprint density at radius 3 is 2.87 bits per heavy atom. The Balaban J connectivity index is 1.70. The predicted octanol–water partition coefficient (Wildman–Crippen LogP) is 3.71. The quantitative estimate of drug-likeness (QED) is 0.616.